The first-order valence-electron chi connectivity index (χ1n) is 9.75. The number of carbonyl (C=O) groups excluding carboxylic acids is 3. The molecule has 1 saturated heterocycles. The normalized spacial score (nSPS) is 30.8. The highest BCUT2D eigenvalue weighted by Gasteiger charge is 2.67. The number of anilines is 2. The van der Waals surface area contributed by atoms with Crippen molar-refractivity contribution in [1.82, 2.24) is 0 Å². The molecule has 2 aromatic carbocycles. The van der Waals surface area contributed by atoms with Gasteiger partial charge in [0.15, 0.2) is 0 Å². The fraction of sp³-hybridized carbons (Fsp3) is 0.318. The SMILES string of the molecule is O=C(Nc1ccccc1Cl)c1cccc(NC(=O)[C@@H]2[C@H]3C[C@H]4[C@H](OC(=O)[C@@H]42)[C@H]3Br)c1. The first kappa shape index (κ1) is 19.6. The number of para-hydroxylation sites is 1. The molecule has 154 valence electrons. The lowest BCUT2D eigenvalue weighted by Crippen LogP contribution is -2.40. The van der Waals surface area contributed by atoms with E-state index in [2.05, 4.69) is 26.6 Å². The topological polar surface area (TPSA) is 84.5 Å². The Morgan fingerprint density at radius 3 is 2.67 bits per heavy atom. The molecule has 3 aliphatic rings. The van der Waals surface area contributed by atoms with Crippen LogP contribution in [0.1, 0.15) is 16.8 Å². The molecule has 0 aromatic heterocycles. The Bertz CT molecular complexity index is 1060. The van der Waals surface area contributed by atoms with Gasteiger partial charge in [-0.25, -0.2) is 0 Å². The van der Waals surface area contributed by atoms with Gasteiger partial charge in [0.25, 0.3) is 5.91 Å². The predicted molar refractivity (Wildman–Crippen MR) is 116 cm³/mol. The fourth-order valence-electron chi connectivity index (χ4n) is 5.05. The van der Waals surface area contributed by atoms with Gasteiger partial charge in [-0.1, -0.05) is 45.7 Å². The smallest absolute Gasteiger partial charge is 0.310 e. The lowest BCUT2D eigenvalue weighted by Gasteiger charge is -2.27. The third-order valence-corrected chi connectivity index (χ3v) is 7.87. The van der Waals surface area contributed by atoms with Gasteiger partial charge in [-0.3, -0.25) is 14.4 Å². The van der Waals surface area contributed by atoms with Gasteiger partial charge in [0.2, 0.25) is 5.91 Å². The van der Waals surface area contributed by atoms with Crippen molar-refractivity contribution < 1.29 is 19.1 Å². The van der Waals surface area contributed by atoms with E-state index in [0.717, 1.165) is 6.42 Å². The molecule has 2 aromatic rings. The van der Waals surface area contributed by atoms with Crippen LogP contribution in [0.25, 0.3) is 0 Å². The molecule has 0 unspecified atom stereocenters. The Morgan fingerprint density at radius 2 is 1.87 bits per heavy atom. The lowest BCUT2D eigenvalue weighted by molar-refractivity contribution is -0.145. The number of halogens is 2. The van der Waals surface area contributed by atoms with Crippen molar-refractivity contribution in [3.8, 4) is 0 Å². The fourth-order valence-corrected chi connectivity index (χ4v) is 6.28. The van der Waals surface area contributed by atoms with Crippen LogP contribution >= 0.6 is 27.5 Å². The van der Waals surface area contributed by atoms with Crippen LogP contribution in [0.3, 0.4) is 0 Å². The molecule has 5 rings (SSSR count). The van der Waals surface area contributed by atoms with E-state index in [1.54, 1.807) is 48.5 Å². The van der Waals surface area contributed by atoms with Crippen molar-refractivity contribution in [2.75, 3.05) is 10.6 Å². The zero-order chi connectivity index (χ0) is 21.0. The molecule has 1 aliphatic heterocycles. The van der Waals surface area contributed by atoms with Crippen molar-refractivity contribution in [2.45, 2.75) is 17.4 Å². The van der Waals surface area contributed by atoms with Crippen molar-refractivity contribution in [3.63, 3.8) is 0 Å². The van der Waals surface area contributed by atoms with Gasteiger partial charge in [-0.15, -0.1) is 0 Å². The molecule has 6 atom stereocenters. The summed E-state index contributed by atoms with van der Waals surface area (Å²) >= 11 is 9.72. The summed E-state index contributed by atoms with van der Waals surface area (Å²) in [6, 6.07) is 13.7. The number of hydrogen-bond donors (Lipinski definition) is 2. The number of benzene rings is 2. The molecule has 2 saturated carbocycles. The van der Waals surface area contributed by atoms with Crippen molar-refractivity contribution in [3.05, 3.63) is 59.1 Å². The van der Waals surface area contributed by atoms with Gasteiger partial charge in [0.05, 0.1) is 27.4 Å². The van der Waals surface area contributed by atoms with Crippen LogP contribution in [0.4, 0.5) is 11.4 Å². The molecule has 0 radical (unpaired) electrons. The average Bonchev–Trinajstić information content (AvgIpc) is 3.34. The van der Waals surface area contributed by atoms with Crippen LogP contribution in [0.15, 0.2) is 48.5 Å². The monoisotopic (exact) mass is 488 g/mol. The number of rotatable bonds is 4. The Hall–Kier alpha value is -2.38. The molecular formula is C22H18BrClN2O4. The molecule has 8 heteroatoms. The molecule has 2 amide bonds. The summed E-state index contributed by atoms with van der Waals surface area (Å²) in [4.78, 5) is 37.9. The maximum atomic E-state index is 13.0. The summed E-state index contributed by atoms with van der Waals surface area (Å²) in [6.45, 7) is 0. The number of nitrogens with one attached hydrogen (secondary N) is 2. The Morgan fingerprint density at radius 1 is 1.07 bits per heavy atom. The van der Waals surface area contributed by atoms with Crippen molar-refractivity contribution in [1.29, 1.82) is 0 Å². The highest BCUT2D eigenvalue weighted by Crippen LogP contribution is 2.60. The molecule has 1 heterocycles. The minimum Gasteiger partial charge on any atom is -0.461 e. The third-order valence-electron chi connectivity index (χ3n) is 6.34. The Labute approximate surface area is 186 Å². The van der Waals surface area contributed by atoms with E-state index in [1.165, 1.54) is 0 Å². The molecule has 2 bridgehead atoms. The molecule has 2 N–H and O–H groups in total. The maximum Gasteiger partial charge on any atom is 0.310 e. The summed E-state index contributed by atoms with van der Waals surface area (Å²) in [5.41, 5.74) is 1.40. The Balaban J connectivity index is 1.32. The quantitative estimate of drug-likeness (QED) is 0.500. The van der Waals surface area contributed by atoms with E-state index in [0.29, 0.717) is 22.0 Å². The zero-order valence-electron chi connectivity index (χ0n) is 15.7. The van der Waals surface area contributed by atoms with E-state index in [1.807, 2.05) is 0 Å². The van der Waals surface area contributed by atoms with Gasteiger partial charge < -0.3 is 15.4 Å². The molecule has 6 nitrogen and oxygen atoms in total. The molecule has 2 aliphatic carbocycles. The summed E-state index contributed by atoms with van der Waals surface area (Å²) < 4.78 is 5.47. The summed E-state index contributed by atoms with van der Waals surface area (Å²) in [7, 11) is 0. The highest BCUT2D eigenvalue weighted by atomic mass is 79.9. The van der Waals surface area contributed by atoms with E-state index in [-0.39, 0.29) is 46.5 Å². The number of hydrogen-bond acceptors (Lipinski definition) is 4. The maximum absolute atomic E-state index is 13.0. The number of fused-ring (bicyclic) bond motifs is 1. The minimum atomic E-state index is -0.425. The van der Waals surface area contributed by atoms with E-state index in [9.17, 15) is 14.4 Å². The van der Waals surface area contributed by atoms with Crippen molar-refractivity contribution in [2.24, 2.45) is 23.7 Å². The highest BCUT2D eigenvalue weighted by molar-refractivity contribution is 9.09. The van der Waals surface area contributed by atoms with Crippen LogP contribution in [0, 0.1) is 23.7 Å². The van der Waals surface area contributed by atoms with Gasteiger partial charge in [-0.2, -0.15) is 0 Å². The minimum absolute atomic E-state index is 0.00804. The summed E-state index contributed by atoms with van der Waals surface area (Å²) in [6.07, 6.45) is 0.698. The standard InChI is InChI=1S/C22H18BrClN2O4/c23-18-12-9-13-17(22(29)30-19(13)18)16(12)21(28)25-11-5-3-4-10(8-11)20(27)26-15-7-2-1-6-14(15)24/h1-8,12-13,16-19H,9H2,(H,25,28)(H,26,27)/t12-,13-,16-,17+,18+,19+/m1/s1. The van der Waals surface area contributed by atoms with Gasteiger partial charge in [0.1, 0.15) is 6.10 Å². The molecular weight excluding hydrogens is 472 g/mol. The number of carbonyl (C=O) groups is 3. The van der Waals surface area contributed by atoms with Crippen LogP contribution in [-0.4, -0.2) is 28.7 Å². The van der Waals surface area contributed by atoms with Gasteiger partial charge in [0, 0.05) is 17.2 Å². The Kier molecular flexibility index (Phi) is 4.82. The second-order valence-electron chi connectivity index (χ2n) is 7.96. The number of amides is 2. The largest absolute Gasteiger partial charge is 0.461 e. The molecule has 0 spiro atoms. The average molecular weight is 490 g/mol. The summed E-state index contributed by atoms with van der Waals surface area (Å²) in [5.74, 6) is -1.44. The number of esters is 1. The molecule has 3 fully saturated rings. The van der Waals surface area contributed by atoms with Crippen LogP contribution in [0.2, 0.25) is 5.02 Å². The second-order valence-corrected chi connectivity index (χ2v) is 9.43. The van der Waals surface area contributed by atoms with Crippen LogP contribution < -0.4 is 10.6 Å². The number of alkyl halides is 1. The van der Waals surface area contributed by atoms with E-state index in [4.69, 9.17) is 16.3 Å². The summed E-state index contributed by atoms with van der Waals surface area (Å²) in [5, 5.41) is 6.10. The lowest BCUT2D eigenvalue weighted by atomic mass is 9.79. The van der Waals surface area contributed by atoms with Crippen LogP contribution in [0.5, 0.6) is 0 Å². The first-order chi connectivity index (χ1) is 14.4. The third kappa shape index (κ3) is 3.11. The first-order valence-corrected chi connectivity index (χ1v) is 11.0. The predicted octanol–water partition coefficient (Wildman–Crippen LogP) is 4.10. The van der Waals surface area contributed by atoms with E-state index >= 15 is 0 Å². The molecule has 30 heavy (non-hydrogen) atoms. The second kappa shape index (κ2) is 7.39. The number of ether oxygens (including phenoxy) is 1. The van der Waals surface area contributed by atoms with Gasteiger partial charge >= 0.3 is 5.97 Å². The van der Waals surface area contributed by atoms with Crippen LogP contribution in [-0.2, 0) is 14.3 Å². The van der Waals surface area contributed by atoms with E-state index < -0.39 is 5.92 Å². The van der Waals surface area contributed by atoms with Gasteiger partial charge in [-0.05, 0) is 42.7 Å². The zero-order valence-corrected chi connectivity index (χ0v) is 18.0. The van der Waals surface area contributed by atoms with Crippen molar-refractivity contribution >= 4 is 56.7 Å².